The molecule has 1 aliphatic rings. The Morgan fingerprint density at radius 2 is 2.38 bits per heavy atom. The van der Waals surface area contributed by atoms with E-state index in [9.17, 15) is 4.39 Å². The van der Waals surface area contributed by atoms with E-state index >= 15 is 0 Å². The predicted molar refractivity (Wildman–Crippen MR) is 61.7 cm³/mol. The van der Waals surface area contributed by atoms with Crippen molar-refractivity contribution in [2.75, 3.05) is 6.54 Å². The van der Waals surface area contributed by atoms with E-state index in [1.54, 1.807) is 12.1 Å². The third-order valence-electron chi connectivity index (χ3n) is 2.40. The summed E-state index contributed by atoms with van der Waals surface area (Å²) in [6.07, 6.45) is 4.88. The molecule has 2 nitrogen and oxygen atoms in total. The molecular weight excluding hydrogens is 229 g/mol. The molecule has 1 aliphatic heterocycles. The van der Waals surface area contributed by atoms with E-state index in [1.165, 1.54) is 6.07 Å². The lowest BCUT2D eigenvalue weighted by Crippen LogP contribution is -2.33. The number of ether oxygens (including phenoxy) is 1. The third-order valence-corrected chi connectivity index (χ3v) is 2.64. The largest absolute Gasteiger partial charge is 0.355 e. The number of hydrogen-bond acceptors (Lipinski definition) is 2. The van der Waals surface area contributed by atoms with Gasteiger partial charge in [0.2, 0.25) is 0 Å². The highest BCUT2D eigenvalue weighted by molar-refractivity contribution is 6.30. The first kappa shape index (κ1) is 11.6. The Morgan fingerprint density at radius 3 is 3.06 bits per heavy atom. The van der Waals surface area contributed by atoms with Crippen molar-refractivity contribution in [2.24, 2.45) is 0 Å². The van der Waals surface area contributed by atoms with Crippen LogP contribution in [0.5, 0.6) is 0 Å². The molecule has 0 spiro atoms. The smallest absolute Gasteiger partial charge is 0.130 e. The fraction of sp³-hybridized carbons (Fsp3) is 0.333. The lowest BCUT2D eigenvalue weighted by Gasteiger charge is -2.19. The third kappa shape index (κ3) is 3.04. The van der Waals surface area contributed by atoms with Crippen LogP contribution in [-0.2, 0) is 11.3 Å². The number of rotatable bonds is 3. The maximum atomic E-state index is 13.4. The highest BCUT2D eigenvalue weighted by Gasteiger charge is 2.09. The molecule has 1 unspecified atom stereocenters. The van der Waals surface area contributed by atoms with Crippen molar-refractivity contribution in [1.29, 1.82) is 0 Å². The number of halogens is 2. The minimum atomic E-state index is -0.327. The van der Waals surface area contributed by atoms with Gasteiger partial charge in [-0.25, -0.2) is 4.39 Å². The highest BCUT2D eigenvalue weighted by Crippen LogP contribution is 2.16. The van der Waals surface area contributed by atoms with Crippen LogP contribution in [0.3, 0.4) is 0 Å². The van der Waals surface area contributed by atoms with Crippen LogP contribution >= 0.6 is 11.6 Å². The van der Waals surface area contributed by atoms with Crippen LogP contribution in [0.15, 0.2) is 30.4 Å². The summed E-state index contributed by atoms with van der Waals surface area (Å²) >= 11 is 5.66. The Kier molecular flexibility index (Phi) is 3.93. The van der Waals surface area contributed by atoms with Crippen LogP contribution in [0.4, 0.5) is 4.39 Å². The molecule has 1 N–H and O–H groups in total. The van der Waals surface area contributed by atoms with Crippen molar-refractivity contribution in [2.45, 2.75) is 19.3 Å². The summed E-state index contributed by atoms with van der Waals surface area (Å²) in [6, 6.07) is 4.60. The molecule has 1 atom stereocenters. The molecule has 0 fully saturated rings. The maximum Gasteiger partial charge on any atom is 0.130 e. The highest BCUT2D eigenvalue weighted by atomic mass is 35.5. The van der Waals surface area contributed by atoms with Crippen molar-refractivity contribution in [3.05, 3.63) is 46.8 Å². The Hall–Kier alpha value is -0.900. The molecular formula is C12H13ClFNO. The van der Waals surface area contributed by atoms with Gasteiger partial charge in [-0.15, -0.1) is 0 Å². The van der Waals surface area contributed by atoms with Gasteiger partial charge in [0, 0.05) is 17.1 Å². The van der Waals surface area contributed by atoms with E-state index in [0.717, 1.165) is 13.0 Å². The zero-order valence-corrected chi connectivity index (χ0v) is 9.51. The SMILES string of the molecule is Fc1cc(Cl)ccc1COC1C=CCCN1. The van der Waals surface area contributed by atoms with Crippen molar-refractivity contribution >= 4 is 11.6 Å². The number of nitrogens with one attached hydrogen (secondary N) is 1. The minimum absolute atomic E-state index is 0.121. The molecule has 1 aromatic rings. The molecule has 16 heavy (non-hydrogen) atoms. The van der Waals surface area contributed by atoms with E-state index in [1.807, 2.05) is 6.08 Å². The minimum Gasteiger partial charge on any atom is -0.355 e. The Bertz CT molecular complexity index is 395. The van der Waals surface area contributed by atoms with Crippen molar-refractivity contribution in [3.8, 4) is 0 Å². The standard InChI is InChI=1S/C12H13ClFNO/c13-10-5-4-9(11(14)7-10)8-16-12-3-1-2-6-15-12/h1,3-5,7,12,15H,2,6,8H2. The number of hydrogen-bond donors (Lipinski definition) is 1. The molecule has 0 aliphatic carbocycles. The zero-order valence-electron chi connectivity index (χ0n) is 8.75. The van der Waals surface area contributed by atoms with E-state index in [0.29, 0.717) is 10.6 Å². The maximum absolute atomic E-state index is 13.4. The summed E-state index contributed by atoms with van der Waals surface area (Å²) in [5, 5.41) is 3.56. The van der Waals surface area contributed by atoms with E-state index in [2.05, 4.69) is 11.4 Å². The van der Waals surface area contributed by atoms with Gasteiger partial charge in [-0.05, 0) is 24.6 Å². The summed E-state index contributed by atoms with van der Waals surface area (Å²) < 4.78 is 18.9. The van der Waals surface area contributed by atoms with Crippen molar-refractivity contribution in [1.82, 2.24) is 5.32 Å². The molecule has 0 aromatic heterocycles. The Morgan fingerprint density at radius 1 is 1.50 bits per heavy atom. The van der Waals surface area contributed by atoms with E-state index in [4.69, 9.17) is 16.3 Å². The summed E-state index contributed by atoms with van der Waals surface area (Å²) in [5.41, 5.74) is 0.519. The topological polar surface area (TPSA) is 21.3 Å². The van der Waals surface area contributed by atoms with Gasteiger partial charge in [0.25, 0.3) is 0 Å². The summed E-state index contributed by atoms with van der Waals surface area (Å²) in [7, 11) is 0. The van der Waals surface area contributed by atoms with Crippen LogP contribution in [-0.4, -0.2) is 12.8 Å². The van der Waals surface area contributed by atoms with Gasteiger partial charge >= 0.3 is 0 Å². The van der Waals surface area contributed by atoms with Gasteiger partial charge in [-0.1, -0.05) is 23.7 Å². The molecule has 4 heteroatoms. The summed E-state index contributed by atoms with van der Waals surface area (Å²) in [5.74, 6) is -0.327. The molecule has 0 bridgehead atoms. The molecule has 86 valence electrons. The molecule has 0 saturated heterocycles. The van der Waals surface area contributed by atoms with Gasteiger partial charge in [0.05, 0.1) is 6.61 Å². The fourth-order valence-corrected chi connectivity index (χ4v) is 1.69. The van der Waals surface area contributed by atoms with Gasteiger partial charge in [0.15, 0.2) is 0 Å². The second-order valence-electron chi connectivity index (χ2n) is 3.64. The second-order valence-corrected chi connectivity index (χ2v) is 4.07. The van der Waals surface area contributed by atoms with Crippen LogP contribution < -0.4 is 5.32 Å². The second kappa shape index (κ2) is 5.43. The van der Waals surface area contributed by atoms with Crippen molar-refractivity contribution in [3.63, 3.8) is 0 Å². The van der Waals surface area contributed by atoms with Crippen LogP contribution in [0.1, 0.15) is 12.0 Å². The average molecular weight is 242 g/mol. The first-order valence-electron chi connectivity index (χ1n) is 5.21. The first-order valence-corrected chi connectivity index (χ1v) is 5.59. The van der Waals surface area contributed by atoms with Gasteiger partial charge in [0.1, 0.15) is 12.0 Å². The van der Waals surface area contributed by atoms with Gasteiger partial charge < -0.3 is 4.74 Å². The summed E-state index contributed by atoms with van der Waals surface area (Å²) in [4.78, 5) is 0. The predicted octanol–water partition coefficient (Wildman–Crippen LogP) is 2.87. The van der Waals surface area contributed by atoms with Crippen LogP contribution in [0, 0.1) is 5.82 Å². The quantitative estimate of drug-likeness (QED) is 0.822. The summed E-state index contributed by atoms with van der Waals surface area (Å²) in [6.45, 7) is 1.13. The van der Waals surface area contributed by atoms with Gasteiger partial charge in [-0.3, -0.25) is 5.32 Å². The monoisotopic (exact) mass is 241 g/mol. The van der Waals surface area contributed by atoms with E-state index in [-0.39, 0.29) is 18.7 Å². The van der Waals surface area contributed by atoms with Gasteiger partial charge in [-0.2, -0.15) is 0 Å². The molecule has 0 saturated carbocycles. The zero-order chi connectivity index (χ0) is 11.4. The van der Waals surface area contributed by atoms with Crippen LogP contribution in [0.2, 0.25) is 5.02 Å². The molecule has 1 heterocycles. The average Bonchev–Trinajstić information content (AvgIpc) is 2.29. The first-order chi connectivity index (χ1) is 7.75. The normalized spacial score (nSPS) is 20.0. The Labute approximate surface area is 99.1 Å². The molecule has 2 rings (SSSR count). The van der Waals surface area contributed by atoms with Crippen molar-refractivity contribution < 1.29 is 9.13 Å². The van der Waals surface area contributed by atoms with Crippen LogP contribution in [0.25, 0.3) is 0 Å². The van der Waals surface area contributed by atoms with E-state index < -0.39 is 0 Å². The lowest BCUT2D eigenvalue weighted by molar-refractivity contribution is 0.0459. The molecule has 0 amide bonds. The number of benzene rings is 1. The molecule has 0 radical (unpaired) electrons. The Balaban J connectivity index is 1.93. The lowest BCUT2D eigenvalue weighted by atomic mass is 10.2. The fourth-order valence-electron chi connectivity index (χ4n) is 1.53. The molecule has 1 aromatic carbocycles.